The summed E-state index contributed by atoms with van der Waals surface area (Å²) in [6.45, 7) is 10.2. The van der Waals surface area contributed by atoms with Crippen LogP contribution < -0.4 is 0 Å². The van der Waals surface area contributed by atoms with Crippen LogP contribution in [0.1, 0.15) is 20.8 Å². The fourth-order valence-electron chi connectivity index (χ4n) is 0.645. The molecule has 0 amide bonds. The molecule has 0 rings (SSSR count). The zero-order chi connectivity index (χ0) is 9.40. The van der Waals surface area contributed by atoms with Crippen LogP contribution in [0.25, 0.3) is 0 Å². The normalized spacial score (nSPS) is 12.8. The predicted octanol–water partition coefficient (Wildman–Crippen LogP) is 3.82. The fraction of sp³-hybridized carbons (Fsp3) is 0.455. The molecule has 0 fully saturated rings. The predicted molar refractivity (Wildman–Crippen MR) is 60.7 cm³/mol. The maximum atomic E-state index is 3.61. The summed E-state index contributed by atoms with van der Waals surface area (Å²) in [6, 6.07) is 0. The van der Waals surface area contributed by atoms with Crippen LogP contribution in [0.2, 0.25) is 0 Å². The summed E-state index contributed by atoms with van der Waals surface area (Å²) < 4.78 is 0. The lowest BCUT2D eigenvalue weighted by molar-refractivity contribution is 1.11. The van der Waals surface area contributed by atoms with Crippen LogP contribution in [0.4, 0.5) is 0 Å². The van der Waals surface area contributed by atoms with E-state index in [0.29, 0.717) is 0 Å². The first-order valence-corrected chi connectivity index (χ1v) is 5.28. The van der Waals surface area contributed by atoms with Crippen molar-refractivity contribution >= 4 is 11.8 Å². The van der Waals surface area contributed by atoms with Gasteiger partial charge < -0.3 is 0 Å². The third kappa shape index (κ3) is 7.67. The molecule has 68 valence electrons. The van der Waals surface area contributed by atoms with E-state index in [2.05, 4.69) is 33.4 Å². The third-order valence-electron chi connectivity index (χ3n) is 1.27. The van der Waals surface area contributed by atoms with E-state index in [4.69, 9.17) is 0 Å². The van der Waals surface area contributed by atoms with E-state index in [-0.39, 0.29) is 0 Å². The Morgan fingerprint density at radius 2 is 2.08 bits per heavy atom. The molecular formula is C11H18S. The first kappa shape index (κ1) is 11.6. The van der Waals surface area contributed by atoms with E-state index in [1.54, 1.807) is 6.08 Å². The number of hydrogen-bond acceptors (Lipinski definition) is 1. The summed E-state index contributed by atoms with van der Waals surface area (Å²) in [7, 11) is 0. The van der Waals surface area contributed by atoms with Gasteiger partial charge in [0, 0.05) is 5.75 Å². The second-order valence-corrected chi connectivity index (χ2v) is 4.56. The Morgan fingerprint density at radius 3 is 2.58 bits per heavy atom. The quantitative estimate of drug-likeness (QED) is 0.582. The summed E-state index contributed by atoms with van der Waals surface area (Å²) in [5, 5.41) is 0.719. The van der Waals surface area contributed by atoms with Crippen molar-refractivity contribution in [3.05, 3.63) is 36.5 Å². The third-order valence-corrected chi connectivity index (χ3v) is 2.56. The standard InChI is InChI=1S/C11H18S/c1-5-6-7-8-11(4)9-12-10(2)3/h5-8,10H,1,9H2,2-4H3/b7-6-,11-8+. The van der Waals surface area contributed by atoms with Crippen LogP contribution in [0.5, 0.6) is 0 Å². The van der Waals surface area contributed by atoms with E-state index in [9.17, 15) is 0 Å². The van der Waals surface area contributed by atoms with Crippen molar-refractivity contribution in [2.24, 2.45) is 0 Å². The zero-order valence-corrected chi connectivity index (χ0v) is 9.03. The minimum atomic E-state index is 0.719. The van der Waals surface area contributed by atoms with Gasteiger partial charge in [0.1, 0.15) is 0 Å². The second-order valence-electron chi connectivity index (χ2n) is 2.99. The van der Waals surface area contributed by atoms with Crippen molar-refractivity contribution in [3.8, 4) is 0 Å². The molecule has 0 spiro atoms. The van der Waals surface area contributed by atoms with Crippen LogP contribution in [-0.4, -0.2) is 11.0 Å². The first-order valence-electron chi connectivity index (χ1n) is 4.23. The molecule has 0 nitrogen and oxygen atoms in total. The van der Waals surface area contributed by atoms with Gasteiger partial charge in [-0.3, -0.25) is 0 Å². The number of thioether (sulfide) groups is 1. The topological polar surface area (TPSA) is 0 Å². The van der Waals surface area contributed by atoms with Gasteiger partial charge in [-0.15, -0.1) is 0 Å². The average Bonchev–Trinajstić information content (AvgIpc) is 2.01. The molecule has 0 aliphatic carbocycles. The lowest BCUT2D eigenvalue weighted by atomic mass is 10.3. The van der Waals surface area contributed by atoms with Crippen LogP contribution >= 0.6 is 11.8 Å². The first-order chi connectivity index (χ1) is 5.66. The monoisotopic (exact) mass is 182 g/mol. The number of rotatable bonds is 5. The van der Waals surface area contributed by atoms with Crippen LogP contribution in [0.3, 0.4) is 0 Å². The van der Waals surface area contributed by atoms with E-state index in [1.165, 1.54) is 5.57 Å². The van der Waals surface area contributed by atoms with E-state index < -0.39 is 0 Å². The van der Waals surface area contributed by atoms with Crippen molar-refractivity contribution in [1.82, 2.24) is 0 Å². The molecule has 0 N–H and O–H groups in total. The van der Waals surface area contributed by atoms with Crippen molar-refractivity contribution in [1.29, 1.82) is 0 Å². The Morgan fingerprint density at radius 1 is 1.42 bits per heavy atom. The Labute approximate surface area is 80.4 Å². The molecule has 0 aliphatic rings. The van der Waals surface area contributed by atoms with Crippen LogP contribution in [-0.2, 0) is 0 Å². The molecule has 12 heavy (non-hydrogen) atoms. The van der Waals surface area contributed by atoms with Gasteiger partial charge >= 0.3 is 0 Å². The van der Waals surface area contributed by atoms with Gasteiger partial charge in [-0.05, 0) is 12.2 Å². The van der Waals surface area contributed by atoms with Gasteiger partial charge in [0.2, 0.25) is 0 Å². The lowest BCUT2D eigenvalue weighted by Gasteiger charge is -2.03. The summed E-state index contributed by atoms with van der Waals surface area (Å²) in [5.41, 5.74) is 1.41. The highest BCUT2D eigenvalue weighted by Gasteiger charge is 1.93. The van der Waals surface area contributed by atoms with Crippen molar-refractivity contribution in [2.75, 3.05) is 5.75 Å². The molecule has 1 heteroatoms. The number of hydrogen-bond donors (Lipinski definition) is 0. The van der Waals surface area contributed by atoms with Crippen molar-refractivity contribution in [3.63, 3.8) is 0 Å². The molecule has 0 unspecified atom stereocenters. The molecule has 0 bridgehead atoms. The lowest BCUT2D eigenvalue weighted by Crippen LogP contribution is -1.90. The van der Waals surface area contributed by atoms with Gasteiger partial charge in [-0.25, -0.2) is 0 Å². The zero-order valence-electron chi connectivity index (χ0n) is 8.21. The summed E-state index contributed by atoms with van der Waals surface area (Å²) >= 11 is 1.97. The maximum Gasteiger partial charge on any atom is 0.0146 e. The largest absolute Gasteiger partial charge is 0.155 e. The van der Waals surface area contributed by atoms with Gasteiger partial charge in [0.25, 0.3) is 0 Å². The highest BCUT2D eigenvalue weighted by Crippen LogP contribution is 2.13. The van der Waals surface area contributed by atoms with E-state index in [0.717, 1.165) is 11.0 Å². The Balaban J connectivity index is 3.70. The molecule has 0 aromatic heterocycles. The molecule has 0 saturated carbocycles. The molecule has 0 aliphatic heterocycles. The van der Waals surface area contributed by atoms with Crippen molar-refractivity contribution in [2.45, 2.75) is 26.0 Å². The Kier molecular flexibility index (Phi) is 6.97. The molecule has 0 radical (unpaired) electrons. The van der Waals surface area contributed by atoms with Gasteiger partial charge in [-0.2, -0.15) is 11.8 Å². The molecule has 0 aromatic rings. The van der Waals surface area contributed by atoms with Gasteiger partial charge in [-0.1, -0.05) is 50.3 Å². The fourth-order valence-corrected chi connectivity index (χ4v) is 1.34. The summed E-state index contributed by atoms with van der Waals surface area (Å²) in [4.78, 5) is 0. The molecular weight excluding hydrogens is 164 g/mol. The molecule has 0 aromatic carbocycles. The van der Waals surface area contributed by atoms with E-state index >= 15 is 0 Å². The molecule has 0 atom stereocenters. The smallest absolute Gasteiger partial charge is 0.0146 e. The minimum absolute atomic E-state index is 0.719. The Bertz CT molecular complexity index is 175. The Hall–Kier alpha value is -0.430. The SMILES string of the molecule is C=C/C=C\C=C(/C)CSC(C)C. The molecule has 0 saturated heterocycles. The minimum Gasteiger partial charge on any atom is -0.155 e. The highest BCUT2D eigenvalue weighted by atomic mass is 32.2. The van der Waals surface area contributed by atoms with Crippen LogP contribution in [0.15, 0.2) is 36.5 Å². The van der Waals surface area contributed by atoms with Gasteiger partial charge in [0.05, 0.1) is 0 Å². The van der Waals surface area contributed by atoms with E-state index in [1.807, 2.05) is 23.9 Å². The average molecular weight is 182 g/mol. The van der Waals surface area contributed by atoms with Crippen molar-refractivity contribution < 1.29 is 0 Å². The summed E-state index contributed by atoms with van der Waals surface area (Å²) in [6.07, 6.45) is 7.91. The maximum absolute atomic E-state index is 3.61. The number of allylic oxidation sites excluding steroid dienone is 4. The molecule has 0 heterocycles. The summed E-state index contributed by atoms with van der Waals surface area (Å²) in [5.74, 6) is 1.12. The second kappa shape index (κ2) is 7.23. The van der Waals surface area contributed by atoms with Gasteiger partial charge in [0.15, 0.2) is 0 Å². The van der Waals surface area contributed by atoms with Crippen LogP contribution in [0, 0.1) is 0 Å². The highest BCUT2D eigenvalue weighted by molar-refractivity contribution is 8.00.